The van der Waals surface area contributed by atoms with Gasteiger partial charge in [0.1, 0.15) is 36.4 Å². The first-order chi connectivity index (χ1) is 13.7. The summed E-state index contributed by atoms with van der Waals surface area (Å²) >= 11 is 0. The van der Waals surface area contributed by atoms with Crippen LogP contribution in [0.2, 0.25) is 0 Å². The lowest BCUT2D eigenvalue weighted by Gasteiger charge is -2.33. The fourth-order valence-electron chi connectivity index (χ4n) is 4.15. The van der Waals surface area contributed by atoms with Crippen molar-refractivity contribution < 1.29 is 24.2 Å². The minimum Gasteiger partial charge on any atom is -0.507 e. The molecule has 5 heteroatoms. The van der Waals surface area contributed by atoms with Crippen molar-refractivity contribution in [1.82, 2.24) is 0 Å². The Morgan fingerprint density at radius 2 is 1.75 bits per heavy atom. The first kappa shape index (κ1) is 18.6. The van der Waals surface area contributed by atoms with Gasteiger partial charge >= 0.3 is 0 Å². The van der Waals surface area contributed by atoms with Gasteiger partial charge in [-0.2, -0.15) is 0 Å². The van der Waals surface area contributed by atoms with Gasteiger partial charge in [0.2, 0.25) is 0 Å². The number of phenolic OH excluding ortho intramolecular Hbond substituents is 1. The van der Waals surface area contributed by atoms with Gasteiger partial charge in [-0.3, -0.25) is 0 Å². The average molecular weight is 380 g/mol. The summed E-state index contributed by atoms with van der Waals surface area (Å²) in [6.07, 6.45) is 0. The van der Waals surface area contributed by atoms with Crippen LogP contribution in [0.1, 0.15) is 17.2 Å². The molecule has 0 radical (unpaired) electrons. The van der Waals surface area contributed by atoms with Crippen LogP contribution in [0.4, 0.5) is 0 Å². The molecule has 5 nitrogen and oxygen atoms in total. The van der Waals surface area contributed by atoms with E-state index in [1.165, 1.54) is 4.90 Å². The van der Waals surface area contributed by atoms with Gasteiger partial charge < -0.3 is 24.2 Å². The summed E-state index contributed by atoms with van der Waals surface area (Å²) in [5.74, 6) is 1.86. The quantitative estimate of drug-likeness (QED) is 0.714. The first-order valence-corrected chi connectivity index (χ1v) is 9.57. The van der Waals surface area contributed by atoms with Crippen molar-refractivity contribution in [3.63, 3.8) is 0 Å². The highest BCUT2D eigenvalue weighted by atomic mass is 16.5. The number of morpholine rings is 1. The third-order valence-electron chi connectivity index (χ3n) is 5.53. The smallest absolute Gasteiger partial charge is 0.147 e. The van der Waals surface area contributed by atoms with Gasteiger partial charge in [0.05, 0.1) is 38.6 Å². The zero-order valence-corrected chi connectivity index (χ0v) is 16.3. The fourth-order valence-corrected chi connectivity index (χ4v) is 4.15. The van der Waals surface area contributed by atoms with E-state index in [1.807, 2.05) is 36.4 Å². The van der Waals surface area contributed by atoms with E-state index in [0.717, 1.165) is 46.5 Å². The number of phenols is 1. The minimum atomic E-state index is -0.0972. The highest BCUT2D eigenvalue weighted by Gasteiger charge is 2.34. The van der Waals surface area contributed by atoms with Crippen molar-refractivity contribution in [3.05, 3.63) is 65.7 Å². The normalized spacial score (nSPS) is 16.1. The highest BCUT2D eigenvalue weighted by Crippen LogP contribution is 2.38. The number of nitrogens with one attached hydrogen (secondary N) is 1. The number of hydrogen-bond acceptors (Lipinski definition) is 4. The maximum atomic E-state index is 10.9. The Bertz CT molecular complexity index is 966. The molecule has 1 fully saturated rings. The van der Waals surface area contributed by atoms with Crippen molar-refractivity contribution in [2.75, 3.05) is 40.5 Å². The number of rotatable bonds is 5. The average Bonchev–Trinajstić information content (AvgIpc) is 2.76. The fraction of sp³-hybridized carbons (Fsp3) is 0.304. The molecule has 28 heavy (non-hydrogen) atoms. The second-order valence-corrected chi connectivity index (χ2v) is 7.03. The molecule has 0 unspecified atom stereocenters. The Labute approximate surface area is 165 Å². The molecule has 0 bridgehead atoms. The molecule has 0 saturated carbocycles. The molecule has 0 aliphatic carbocycles. The highest BCUT2D eigenvalue weighted by molar-refractivity contribution is 5.88. The lowest BCUT2D eigenvalue weighted by Crippen LogP contribution is -3.14. The van der Waals surface area contributed by atoms with Crippen LogP contribution in [0.5, 0.6) is 17.2 Å². The van der Waals surface area contributed by atoms with Crippen LogP contribution in [0.15, 0.2) is 54.6 Å². The van der Waals surface area contributed by atoms with Crippen molar-refractivity contribution in [3.8, 4) is 17.2 Å². The van der Waals surface area contributed by atoms with Crippen LogP contribution < -0.4 is 14.4 Å². The largest absolute Gasteiger partial charge is 0.507 e. The Morgan fingerprint density at radius 1 is 0.964 bits per heavy atom. The van der Waals surface area contributed by atoms with Crippen molar-refractivity contribution in [2.45, 2.75) is 6.04 Å². The zero-order valence-electron chi connectivity index (χ0n) is 16.3. The van der Waals surface area contributed by atoms with Crippen LogP contribution in [0.25, 0.3) is 10.8 Å². The van der Waals surface area contributed by atoms with Crippen LogP contribution in [0, 0.1) is 0 Å². The van der Waals surface area contributed by atoms with Crippen molar-refractivity contribution >= 4 is 10.8 Å². The molecule has 3 aromatic rings. The lowest BCUT2D eigenvalue weighted by molar-refractivity contribution is -0.933. The van der Waals surface area contributed by atoms with E-state index in [0.29, 0.717) is 19.0 Å². The van der Waals surface area contributed by atoms with E-state index in [-0.39, 0.29) is 6.04 Å². The molecular weight excluding hydrogens is 354 g/mol. The Hall–Kier alpha value is -2.76. The van der Waals surface area contributed by atoms with E-state index in [2.05, 4.69) is 12.1 Å². The van der Waals surface area contributed by atoms with E-state index in [9.17, 15) is 5.11 Å². The third-order valence-corrected chi connectivity index (χ3v) is 5.53. The van der Waals surface area contributed by atoms with E-state index < -0.39 is 0 Å². The molecule has 4 rings (SSSR count). The zero-order chi connectivity index (χ0) is 19.5. The Kier molecular flexibility index (Phi) is 5.37. The van der Waals surface area contributed by atoms with Gasteiger partial charge in [-0.15, -0.1) is 0 Å². The standard InChI is InChI=1S/C23H25NO4/c1-26-17-8-10-21(27-2)19(15-17)23(24-11-13-28-14-12-24)22-18-6-4-3-5-16(18)7-9-20(22)25/h3-10,15,23,25H,11-14H2,1-2H3/p+1/t23-/m0/s1. The number of methoxy groups -OCH3 is 2. The minimum absolute atomic E-state index is 0.0972. The molecule has 146 valence electrons. The Morgan fingerprint density at radius 3 is 2.50 bits per heavy atom. The molecule has 2 N–H and O–H groups in total. The van der Waals surface area contributed by atoms with Gasteiger partial charge in [-0.25, -0.2) is 0 Å². The number of benzene rings is 3. The molecule has 1 saturated heterocycles. The summed E-state index contributed by atoms with van der Waals surface area (Å²) in [4.78, 5) is 1.34. The molecule has 1 atom stereocenters. The van der Waals surface area contributed by atoms with Crippen LogP contribution in [-0.4, -0.2) is 45.6 Å². The summed E-state index contributed by atoms with van der Waals surface area (Å²) in [5, 5.41) is 13.1. The van der Waals surface area contributed by atoms with Gasteiger partial charge in [0, 0.05) is 0 Å². The van der Waals surface area contributed by atoms with Crippen LogP contribution >= 0.6 is 0 Å². The molecule has 1 aliphatic heterocycles. The Balaban J connectivity index is 1.97. The molecule has 1 aliphatic rings. The van der Waals surface area contributed by atoms with Gasteiger partial charge in [0.25, 0.3) is 0 Å². The number of quaternary nitrogens is 1. The molecule has 0 aromatic heterocycles. The maximum Gasteiger partial charge on any atom is 0.147 e. The SMILES string of the molecule is COc1ccc(OC)c([C@@H](c2c(O)ccc3ccccc23)[NH+]2CCOCC2)c1. The predicted octanol–water partition coefficient (Wildman–Crippen LogP) is 2.57. The van der Waals surface area contributed by atoms with Gasteiger partial charge in [-0.1, -0.05) is 30.3 Å². The van der Waals surface area contributed by atoms with Crippen LogP contribution in [0.3, 0.4) is 0 Å². The van der Waals surface area contributed by atoms with E-state index >= 15 is 0 Å². The molecule has 0 amide bonds. The third kappa shape index (κ3) is 3.39. The van der Waals surface area contributed by atoms with Crippen LogP contribution in [-0.2, 0) is 4.74 Å². The van der Waals surface area contributed by atoms with E-state index in [1.54, 1.807) is 20.3 Å². The summed E-state index contributed by atoms with van der Waals surface area (Å²) in [5.41, 5.74) is 1.92. The van der Waals surface area contributed by atoms with Crippen molar-refractivity contribution in [2.24, 2.45) is 0 Å². The van der Waals surface area contributed by atoms with E-state index in [4.69, 9.17) is 14.2 Å². The molecule has 3 aromatic carbocycles. The second-order valence-electron chi connectivity index (χ2n) is 7.03. The first-order valence-electron chi connectivity index (χ1n) is 9.57. The lowest BCUT2D eigenvalue weighted by atomic mass is 9.90. The number of hydrogen-bond donors (Lipinski definition) is 2. The second kappa shape index (κ2) is 8.09. The van der Waals surface area contributed by atoms with Gasteiger partial charge in [-0.05, 0) is 35.0 Å². The molecule has 1 heterocycles. The molecule has 0 spiro atoms. The summed E-state index contributed by atoms with van der Waals surface area (Å²) in [6.45, 7) is 3.11. The number of fused-ring (bicyclic) bond motifs is 1. The predicted molar refractivity (Wildman–Crippen MR) is 109 cm³/mol. The number of ether oxygens (including phenoxy) is 3. The summed E-state index contributed by atoms with van der Waals surface area (Å²) < 4.78 is 16.8. The summed E-state index contributed by atoms with van der Waals surface area (Å²) in [7, 11) is 3.34. The van der Waals surface area contributed by atoms with Gasteiger partial charge in [0.15, 0.2) is 0 Å². The number of aromatic hydroxyl groups is 1. The maximum absolute atomic E-state index is 10.9. The monoisotopic (exact) mass is 380 g/mol. The molecular formula is C23H26NO4+. The summed E-state index contributed by atoms with van der Waals surface area (Å²) in [6, 6.07) is 17.7. The van der Waals surface area contributed by atoms with Crippen molar-refractivity contribution in [1.29, 1.82) is 0 Å². The topological polar surface area (TPSA) is 52.4 Å².